The highest BCUT2D eigenvalue weighted by Gasteiger charge is 2.19. The first-order valence-corrected chi connectivity index (χ1v) is 5.53. The molecule has 7 nitrogen and oxygen atoms in total. The van der Waals surface area contributed by atoms with Gasteiger partial charge in [0.15, 0.2) is 6.10 Å². The van der Waals surface area contributed by atoms with Gasteiger partial charge < -0.3 is 23.7 Å². The maximum Gasteiger partial charge on any atom is 0.347 e. The monoisotopic (exact) mass is 264 g/mol. The Hall–Kier alpha value is -1.18. The van der Waals surface area contributed by atoms with Gasteiger partial charge >= 0.3 is 11.9 Å². The van der Waals surface area contributed by atoms with Crippen LogP contribution in [0, 0.1) is 0 Å². The molecule has 0 saturated carbocycles. The Morgan fingerprint density at radius 1 is 1.00 bits per heavy atom. The summed E-state index contributed by atoms with van der Waals surface area (Å²) in [5.74, 6) is -1.24. The molecule has 1 atom stereocenters. The summed E-state index contributed by atoms with van der Waals surface area (Å²) in [5.41, 5.74) is 0. The zero-order valence-electron chi connectivity index (χ0n) is 11.0. The summed E-state index contributed by atoms with van der Waals surface area (Å²) in [6.45, 7) is 2.31. The lowest BCUT2D eigenvalue weighted by Crippen LogP contribution is -2.29. The predicted octanol–water partition coefficient (Wildman–Crippen LogP) is -0.229. The average molecular weight is 264 g/mol. The van der Waals surface area contributed by atoms with Crippen molar-refractivity contribution in [2.75, 3.05) is 47.3 Å². The van der Waals surface area contributed by atoms with E-state index in [9.17, 15) is 9.59 Å². The zero-order chi connectivity index (χ0) is 13.8. The van der Waals surface area contributed by atoms with E-state index in [0.29, 0.717) is 13.2 Å². The van der Waals surface area contributed by atoms with E-state index in [-0.39, 0.29) is 19.8 Å². The molecule has 0 amide bonds. The van der Waals surface area contributed by atoms with Crippen molar-refractivity contribution in [3.63, 3.8) is 0 Å². The van der Waals surface area contributed by atoms with Gasteiger partial charge in [0, 0.05) is 14.2 Å². The summed E-state index contributed by atoms with van der Waals surface area (Å²) in [6.07, 6.45) is -0.958. The summed E-state index contributed by atoms with van der Waals surface area (Å²) in [5, 5.41) is 0. The third-order valence-electron chi connectivity index (χ3n) is 1.82. The summed E-state index contributed by atoms with van der Waals surface area (Å²) >= 11 is 0. The molecule has 7 heteroatoms. The van der Waals surface area contributed by atoms with Crippen molar-refractivity contribution >= 4 is 11.9 Å². The van der Waals surface area contributed by atoms with E-state index in [1.165, 1.54) is 21.1 Å². The molecule has 0 aromatic carbocycles. The van der Waals surface area contributed by atoms with Gasteiger partial charge in [-0.15, -0.1) is 0 Å². The molecule has 0 aliphatic rings. The van der Waals surface area contributed by atoms with E-state index < -0.39 is 18.0 Å². The van der Waals surface area contributed by atoms with Crippen molar-refractivity contribution in [2.24, 2.45) is 0 Å². The minimum absolute atomic E-state index is 0.127. The Labute approximate surface area is 106 Å². The molecule has 106 valence electrons. The molecule has 0 aliphatic carbocycles. The molecule has 0 aromatic heterocycles. The van der Waals surface area contributed by atoms with E-state index in [1.54, 1.807) is 0 Å². The molecule has 0 aromatic rings. The molecule has 0 spiro atoms. The molecular formula is C11H20O7. The van der Waals surface area contributed by atoms with Crippen molar-refractivity contribution in [3.8, 4) is 0 Å². The Balaban J connectivity index is 3.68. The number of esters is 2. The van der Waals surface area contributed by atoms with Crippen LogP contribution >= 0.6 is 0 Å². The summed E-state index contributed by atoms with van der Waals surface area (Å²) < 4.78 is 24.0. The average Bonchev–Trinajstić information content (AvgIpc) is 2.34. The van der Waals surface area contributed by atoms with Gasteiger partial charge in [-0.05, 0) is 6.92 Å². The number of rotatable bonds is 10. The molecule has 0 fully saturated rings. The predicted molar refractivity (Wildman–Crippen MR) is 61.1 cm³/mol. The van der Waals surface area contributed by atoms with Crippen LogP contribution in [0.1, 0.15) is 6.92 Å². The number of carbonyl (C=O) groups is 2. The Kier molecular flexibility index (Phi) is 10.2. The second-order valence-electron chi connectivity index (χ2n) is 3.34. The van der Waals surface area contributed by atoms with Crippen LogP contribution in [0.15, 0.2) is 0 Å². The normalized spacial score (nSPS) is 11.9. The van der Waals surface area contributed by atoms with Gasteiger partial charge in [-0.2, -0.15) is 0 Å². The van der Waals surface area contributed by atoms with Crippen LogP contribution in [0.25, 0.3) is 0 Å². The molecule has 0 N–H and O–H groups in total. The van der Waals surface area contributed by atoms with Gasteiger partial charge in [-0.3, -0.25) is 0 Å². The first-order valence-electron chi connectivity index (χ1n) is 5.53. The van der Waals surface area contributed by atoms with Crippen molar-refractivity contribution in [1.82, 2.24) is 0 Å². The lowest BCUT2D eigenvalue weighted by atomic mass is 10.4. The fraction of sp³-hybridized carbons (Fsp3) is 0.818. The van der Waals surface area contributed by atoms with Crippen molar-refractivity contribution in [2.45, 2.75) is 13.0 Å². The molecule has 0 heterocycles. The van der Waals surface area contributed by atoms with Gasteiger partial charge in [0.1, 0.15) is 13.2 Å². The van der Waals surface area contributed by atoms with Crippen LogP contribution < -0.4 is 0 Å². The number of ether oxygens (including phenoxy) is 5. The van der Waals surface area contributed by atoms with Gasteiger partial charge in [-0.1, -0.05) is 0 Å². The fourth-order valence-corrected chi connectivity index (χ4v) is 0.920. The van der Waals surface area contributed by atoms with Crippen LogP contribution in [-0.4, -0.2) is 65.3 Å². The molecule has 0 bridgehead atoms. The second kappa shape index (κ2) is 10.9. The number of carbonyl (C=O) groups excluding carboxylic acids is 2. The summed E-state index contributed by atoms with van der Waals surface area (Å²) in [6, 6.07) is 0. The smallest absolute Gasteiger partial charge is 0.347 e. The van der Waals surface area contributed by atoms with E-state index in [0.717, 1.165) is 0 Å². The summed E-state index contributed by atoms with van der Waals surface area (Å²) in [7, 11) is 3.02. The van der Waals surface area contributed by atoms with Crippen LogP contribution in [0.5, 0.6) is 0 Å². The SMILES string of the molecule is COCCOCC(=O)OC(C)C(=O)OCCOC. The van der Waals surface area contributed by atoms with E-state index in [4.69, 9.17) is 23.7 Å². The van der Waals surface area contributed by atoms with Gasteiger partial charge in [0.05, 0.1) is 19.8 Å². The standard InChI is InChI=1S/C11H20O7/c1-9(11(13)17-7-5-15-3)18-10(12)8-16-6-4-14-2/h9H,4-8H2,1-3H3. The second-order valence-corrected chi connectivity index (χ2v) is 3.34. The van der Waals surface area contributed by atoms with Crippen LogP contribution in [0.2, 0.25) is 0 Å². The number of methoxy groups -OCH3 is 2. The first-order chi connectivity index (χ1) is 8.61. The Morgan fingerprint density at radius 2 is 1.61 bits per heavy atom. The third-order valence-corrected chi connectivity index (χ3v) is 1.82. The minimum Gasteiger partial charge on any atom is -0.461 e. The first kappa shape index (κ1) is 16.8. The topological polar surface area (TPSA) is 80.3 Å². The Morgan fingerprint density at radius 3 is 2.22 bits per heavy atom. The highest BCUT2D eigenvalue weighted by Crippen LogP contribution is 1.96. The largest absolute Gasteiger partial charge is 0.461 e. The van der Waals surface area contributed by atoms with E-state index >= 15 is 0 Å². The quantitative estimate of drug-likeness (QED) is 0.398. The highest BCUT2D eigenvalue weighted by molar-refractivity contribution is 5.79. The molecule has 18 heavy (non-hydrogen) atoms. The van der Waals surface area contributed by atoms with E-state index in [1.807, 2.05) is 0 Å². The maximum absolute atomic E-state index is 11.3. The summed E-state index contributed by atoms with van der Waals surface area (Å²) in [4.78, 5) is 22.5. The molecule has 1 unspecified atom stereocenters. The fourth-order valence-electron chi connectivity index (χ4n) is 0.920. The lowest BCUT2D eigenvalue weighted by molar-refractivity contribution is -0.170. The van der Waals surface area contributed by atoms with E-state index in [2.05, 4.69) is 0 Å². The Bertz CT molecular complexity index is 242. The van der Waals surface area contributed by atoms with Crippen molar-refractivity contribution in [1.29, 1.82) is 0 Å². The number of hydrogen-bond acceptors (Lipinski definition) is 7. The molecular weight excluding hydrogens is 244 g/mol. The minimum atomic E-state index is -0.958. The molecule has 0 saturated heterocycles. The molecule has 0 aliphatic heterocycles. The zero-order valence-corrected chi connectivity index (χ0v) is 11.0. The maximum atomic E-state index is 11.3. The van der Waals surface area contributed by atoms with Crippen molar-refractivity contribution in [3.05, 3.63) is 0 Å². The van der Waals surface area contributed by atoms with Gasteiger partial charge in [0.25, 0.3) is 0 Å². The van der Waals surface area contributed by atoms with Crippen LogP contribution in [0.3, 0.4) is 0 Å². The van der Waals surface area contributed by atoms with Crippen LogP contribution in [0.4, 0.5) is 0 Å². The molecule has 0 rings (SSSR count). The highest BCUT2D eigenvalue weighted by atomic mass is 16.6. The number of hydrogen-bond donors (Lipinski definition) is 0. The third kappa shape index (κ3) is 8.91. The lowest BCUT2D eigenvalue weighted by Gasteiger charge is -2.12. The van der Waals surface area contributed by atoms with Gasteiger partial charge in [-0.25, -0.2) is 9.59 Å². The van der Waals surface area contributed by atoms with Crippen LogP contribution in [-0.2, 0) is 33.3 Å². The molecule has 0 radical (unpaired) electrons. The van der Waals surface area contributed by atoms with Gasteiger partial charge in [0.2, 0.25) is 0 Å². The van der Waals surface area contributed by atoms with Crippen molar-refractivity contribution < 1.29 is 33.3 Å².